The van der Waals surface area contributed by atoms with Crippen LogP contribution in [0.15, 0.2) is 24.3 Å². The Morgan fingerprint density at radius 3 is 2.78 bits per heavy atom. The standard InChI is InChI=1S/C19H30N2O4S.ClH/c1-14-5-3-8-17(11-14)25-13-15-6-4-7-16(12-15)21-19(22)18(20)9-10-26(2,23)24;/h4,6-7,12,14,17-18H,3,5,8-11,13,20H2,1-2H3,(H,21,22);1H. The molecule has 3 N–H and O–H groups in total. The predicted octanol–water partition coefficient (Wildman–Crippen LogP) is 2.90. The maximum absolute atomic E-state index is 12.1. The van der Waals surface area contributed by atoms with Crippen molar-refractivity contribution in [2.75, 3.05) is 17.3 Å². The van der Waals surface area contributed by atoms with Gasteiger partial charge in [0.2, 0.25) is 5.91 Å². The van der Waals surface area contributed by atoms with Gasteiger partial charge in [-0.2, -0.15) is 0 Å². The van der Waals surface area contributed by atoms with E-state index >= 15 is 0 Å². The van der Waals surface area contributed by atoms with E-state index in [4.69, 9.17) is 10.5 Å². The van der Waals surface area contributed by atoms with Crippen LogP contribution in [-0.2, 0) is 26.0 Å². The molecule has 0 heterocycles. The zero-order valence-corrected chi connectivity index (χ0v) is 17.7. The van der Waals surface area contributed by atoms with Gasteiger partial charge in [0.15, 0.2) is 0 Å². The molecule has 27 heavy (non-hydrogen) atoms. The summed E-state index contributed by atoms with van der Waals surface area (Å²) in [4.78, 5) is 12.1. The van der Waals surface area contributed by atoms with Crippen molar-refractivity contribution in [3.05, 3.63) is 29.8 Å². The van der Waals surface area contributed by atoms with Gasteiger partial charge in [-0.15, -0.1) is 12.4 Å². The number of rotatable bonds is 8. The number of hydrogen-bond donors (Lipinski definition) is 2. The fourth-order valence-corrected chi connectivity index (χ4v) is 3.87. The van der Waals surface area contributed by atoms with Gasteiger partial charge in [0.25, 0.3) is 0 Å². The van der Waals surface area contributed by atoms with Crippen LogP contribution < -0.4 is 11.1 Å². The second kappa shape index (κ2) is 11.0. The number of anilines is 1. The van der Waals surface area contributed by atoms with Gasteiger partial charge in [0.1, 0.15) is 9.84 Å². The van der Waals surface area contributed by atoms with Gasteiger partial charge in [0.05, 0.1) is 24.5 Å². The molecule has 0 spiro atoms. The molecule has 6 nitrogen and oxygen atoms in total. The highest BCUT2D eigenvalue weighted by molar-refractivity contribution is 7.90. The molecule has 1 aromatic carbocycles. The zero-order valence-electron chi connectivity index (χ0n) is 16.0. The van der Waals surface area contributed by atoms with E-state index in [-0.39, 0.29) is 30.5 Å². The number of halogens is 1. The van der Waals surface area contributed by atoms with Gasteiger partial charge in [-0.3, -0.25) is 4.79 Å². The number of nitrogens with two attached hydrogens (primary N) is 1. The lowest BCUT2D eigenvalue weighted by molar-refractivity contribution is -0.117. The average molecular weight is 419 g/mol. The largest absolute Gasteiger partial charge is 0.374 e. The first-order valence-electron chi connectivity index (χ1n) is 9.17. The van der Waals surface area contributed by atoms with Crippen LogP contribution in [0.1, 0.15) is 44.6 Å². The number of sulfone groups is 1. The molecule has 0 radical (unpaired) electrons. The average Bonchev–Trinajstić information content (AvgIpc) is 2.57. The second-order valence-corrected chi connectivity index (χ2v) is 9.68. The smallest absolute Gasteiger partial charge is 0.241 e. The molecule has 0 aliphatic heterocycles. The quantitative estimate of drug-likeness (QED) is 0.676. The summed E-state index contributed by atoms with van der Waals surface area (Å²) in [6, 6.07) is 6.62. The SMILES string of the molecule is CC1CCCC(OCc2cccc(NC(=O)C(N)CCS(C)(=O)=O)c2)C1.Cl. The minimum atomic E-state index is -3.13. The molecular weight excluding hydrogens is 388 g/mol. The van der Waals surface area contributed by atoms with Gasteiger partial charge in [-0.25, -0.2) is 8.42 Å². The van der Waals surface area contributed by atoms with Crippen LogP contribution >= 0.6 is 12.4 Å². The second-order valence-electron chi connectivity index (χ2n) is 7.42. The zero-order chi connectivity index (χ0) is 19.2. The summed E-state index contributed by atoms with van der Waals surface area (Å²) < 4.78 is 28.4. The first-order chi connectivity index (χ1) is 12.2. The maximum Gasteiger partial charge on any atom is 0.241 e. The molecule has 3 atom stereocenters. The summed E-state index contributed by atoms with van der Waals surface area (Å²) in [7, 11) is -3.13. The molecule has 1 saturated carbocycles. The van der Waals surface area contributed by atoms with Crippen molar-refractivity contribution < 1.29 is 17.9 Å². The fourth-order valence-electron chi connectivity index (χ4n) is 3.19. The highest BCUT2D eigenvalue weighted by Gasteiger charge is 2.19. The molecule has 8 heteroatoms. The van der Waals surface area contributed by atoms with Gasteiger partial charge < -0.3 is 15.8 Å². The number of ether oxygens (including phenoxy) is 1. The van der Waals surface area contributed by atoms with E-state index in [1.165, 1.54) is 12.8 Å². The van der Waals surface area contributed by atoms with Crippen molar-refractivity contribution in [2.24, 2.45) is 11.7 Å². The van der Waals surface area contributed by atoms with Crippen molar-refractivity contribution in [1.29, 1.82) is 0 Å². The molecule has 0 bridgehead atoms. The normalized spacial score (nSPS) is 21.1. The minimum absolute atomic E-state index is 0. The number of hydrogen-bond acceptors (Lipinski definition) is 5. The summed E-state index contributed by atoms with van der Waals surface area (Å²) in [5.41, 5.74) is 7.41. The third-order valence-electron chi connectivity index (χ3n) is 4.70. The molecule has 1 aliphatic rings. The molecule has 1 aromatic rings. The molecule has 3 unspecified atom stereocenters. The molecular formula is C19H31ClN2O4S. The van der Waals surface area contributed by atoms with Gasteiger partial charge in [0, 0.05) is 11.9 Å². The molecule has 1 aliphatic carbocycles. The lowest BCUT2D eigenvalue weighted by atomic mass is 9.89. The van der Waals surface area contributed by atoms with Crippen LogP contribution in [0.2, 0.25) is 0 Å². The number of benzene rings is 1. The first kappa shape index (κ1) is 23.9. The minimum Gasteiger partial charge on any atom is -0.374 e. The Bertz CT molecular complexity index is 711. The Morgan fingerprint density at radius 1 is 1.37 bits per heavy atom. The Balaban J connectivity index is 0.00000364. The first-order valence-corrected chi connectivity index (χ1v) is 11.2. The number of carbonyl (C=O) groups excluding carboxylic acids is 1. The van der Waals surface area contributed by atoms with Crippen LogP contribution in [0.4, 0.5) is 5.69 Å². The van der Waals surface area contributed by atoms with E-state index in [9.17, 15) is 13.2 Å². The molecule has 1 fully saturated rings. The Labute approximate surface area is 168 Å². The lowest BCUT2D eigenvalue weighted by Crippen LogP contribution is -2.37. The van der Waals surface area contributed by atoms with Gasteiger partial charge in [-0.1, -0.05) is 31.9 Å². The van der Waals surface area contributed by atoms with Crippen LogP contribution in [0.5, 0.6) is 0 Å². The van der Waals surface area contributed by atoms with Crippen LogP contribution in [-0.4, -0.2) is 38.5 Å². The van der Waals surface area contributed by atoms with Crippen LogP contribution in [0.25, 0.3) is 0 Å². The summed E-state index contributed by atoms with van der Waals surface area (Å²) >= 11 is 0. The monoisotopic (exact) mass is 418 g/mol. The van der Waals surface area contributed by atoms with E-state index in [2.05, 4.69) is 12.2 Å². The van der Waals surface area contributed by atoms with Gasteiger partial charge in [-0.05, 0) is 42.9 Å². The predicted molar refractivity (Wildman–Crippen MR) is 111 cm³/mol. The Morgan fingerprint density at radius 2 is 2.11 bits per heavy atom. The highest BCUT2D eigenvalue weighted by Crippen LogP contribution is 2.26. The molecule has 1 amide bonds. The van der Waals surface area contributed by atoms with Crippen molar-refractivity contribution >= 4 is 33.8 Å². The fraction of sp³-hybridized carbons (Fsp3) is 0.632. The van der Waals surface area contributed by atoms with E-state index in [1.54, 1.807) is 6.07 Å². The van der Waals surface area contributed by atoms with Crippen molar-refractivity contribution in [2.45, 2.75) is 57.8 Å². The highest BCUT2D eigenvalue weighted by atomic mass is 35.5. The van der Waals surface area contributed by atoms with Gasteiger partial charge >= 0.3 is 0 Å². The van der Waals surface area contributed by atoms with Crippen molar-refractivity contribution in [1.82, 2.24) is 0 Å². The molecule has 154 valence electrons. The summed E-state index contributed by atoms with van der Waals surface area (Å²) in [5, 5.41) is 2.75. The Kier molecular flexibility index (Phi) is 9.73. The van der Waals surface area contributed by atoms with E-state index in [1.807, 2.05) is 18.2 Å². The molecule has 0 saturated heterocycles. The lowest BCUT2D eigenvalue weighted by Gasteiger charge is -2.26. The third-order valence-corrected chi connectivity index (χ3v) is 5.68. The van der Waals surface area contributed by atoms with Crippen LogP contribution in [0.3, 0.4) is 0 Å². The third kappa shape index (κ3) is 9.06. The van der Waals surface area contributed by atoms with E-state index in [0.29, 0.717) is 24.3 Å². The Hall–Kier alpha value is -1.15. The molecule has 0 aromatic heterocycles. The maximum atomic E-state index is 12.1. The number of amides is 1. The van der Waals surface area contributed by atoms with Crippen LogP contribution in [0, 0.1) is 5.92 Å². The topological polar surface area (TPSA) is 98.5 Å². The summed E-state index contributed by atoms with van der Waals surface area (Å²) in [6.45, 7) is 2.78. The molecule has 2 rings (SSSR count). The van der Waals surface area contributed by atoms with Crippen molar-refractivity contribution in [3.8, 4) is 0 Å². The summed E-state index contributed by atoms with van der Waals surface area (Å²) in [6.07, 6.45) is 6.25. The van der Waals surface area contributed by atoms with E-state index < -0.39 is 15.9 Å². The summed E-state index contributed by atoms with van der Waals surface area (Å²) in [5.74, 6) is 0.232. The number of carbonyl (C=O) groups is 1. The van der Waals surface area contributed by atoms with Crippen molar-refractivity contribution in [3.63, 3.8) is 0 Å². The van der Waals surface area contributed by atoms with E-state index in [0.717, 1.165) is 24.7 Å². The number of nitrogens with one attached hydrogen (secondary N) is 1.